The third-order valence-corrected chi connectivity index (χ3v) is 7.28. The van der Waals surface area contributed by atoms with Crippen LogP contribution in [0.1, 0.15) is 64.9 Å². The van der Waals surface area contributed by atoms with E-state index in [2.05, 4.69) is 34.3 Å². The molecule has 4 rings (SSSR count). The van der Waals surface area contributed by atoms with Gasteiger partial charge >= 0.3 is 6.09 Å². The van der Waals surface area contributed by atoms with Gasteiger partial charge in [-0.2, -0.15) is 10.1 Å². The molecule has 1 aliphatic heterocycles. The van der Waals surface area contributed by atoms with Gasteiger partial charge in [0.1, 0.15) is 11.4 Å². The van der Waals surface area contributed by atoms with Gasteiger partial charge in [-0.05, 0) is 71.6 Å². The standard InChI is InChI=1S/C25H39N7O2/c1-18-15-26-22(28-19-16-27-30(5)17-19)29-21(18)31(6)20-7-9-25(10-8-20)11-13-32(14-12-25)23(33)34-24(2,3)4/h15-17,20H,7-14H2,1-6H3,(H,26,28,29). The summed E-state index contributed by atoms with van der Waals surface area (Å²) in [6.45, 7) is 9.42. The van der Waals surface area contributed by atoms with Gasteiger partial charge in [-0.25, -0.2) is 9.78 Å². The molecule has 1 saturated heterocycles. The maximum absolute atomic E-state index is 12.4. The van der Waals surface area contributed by atoms with Crippen molar-refractivity contribution >= 4 is 23.5 Å². The Labute approximate surface area is 202 Å². The molecule has 0 atom stereocenters. The number of hydrogen-bond donors (Lipinski definition) is 1. The largest absolute Gasteiger partial charge is 0.444 e. The molecular formula is C25H39N7O2. The van der Waals surface area contributed by atoms with Gasteiger partial charge < -0.3 is 19.9 Å². The van der Waals surface area contributed by atoms with E-state index >= 15 is 0 Å². The lowest BCUT2D eigenvalue weighted by molar-refractivity contribution is 0.00352. The van der Waals surface area contributed by atoms with E-state index in [1.165, 1.54) is 12.8 Å². The molecule has 1 N–H and O–H groups in total. The number of anilines is 3. The molecule has 3 heterocycles. The number of likely N-dealkylation sites (tertiary alicyclic amines) is 1. The van der Waals surface area contributed by atoms with Crippen LogP contribution in [-0.2, 0) is 11.8 Å². The molecule has 2 fully saturated rings. The summed E-state index contributed by atoms with van der Waals surface area (Å²) >= 11 is 0. The number of rotatable bonds is 4. The molecule has 1 spiro atoms. The quantitative estimate of drug-likeness (QED) is 0.697. The van der Waals surface area contributed by atoms with Crippen LogP contribution in [0.4, 0.5) is 22.2 Å². The Balaban J connectivity index is 1.34. The van der Waals surface area contributed by atoms with E-state index in [0.29, 0.717) is 17.4 Å². The van der Waals surface area contributed by atoms with Gasteiger partial charge in [0.25, 0.3) is 0 Å². The number of amides is 1. The zero-order valence-electron chi connectivity index (χ0n) is 21.5. The average Bonchev–Trinajstić information content (AvgIpc) is 3.19. The summed E-state index contributed by atoms with van der Waals surface area (Å²) in [6.07, 6.45) is 12.2. The molecule has 1 amide bonds. The third-order valence-electron chi connectivity index (χ3n) is 7.28. The van der Waals surface area contributed by atoms with E-state index in [-0.39, 0.29) is 6.09 Å². The fraction of sp³-hybridized carbons (Fsp3) is 0.680. The normalized spacial score (nSPS) is 18.7. The second-order valence-corrected chi connectivity index (χ2v) is 11.0. The van der Waals surface area contributed by atoms with E-state index < -0.39 is 5.60 Å². The highest BCUT2D eigenvalue weighted by Crippen LogP contribution is 2.46. The number of carbonyl (C=O) groups is 1. The molecule has 9 nitrogen and oxygen atoms in total. The van der Waals surface area contributed by atoms with E-state index in [1.807, 2.05) is 45.1 Å². The molecule has 0 radical (unpaired) electrons. The van der Waals surface area contributed by atoms with Crippen LogP contribution in [0.25, 0.3) is 0 Å². The lowest BCUT2D eigenvalue weighted by Gasteiger charge is -2.47. The summed E-state index contributed by atoms with van der Waals surface area (Å²) in [4.78, 5) is 25.9. The summed E-state index contributed by atoms with van der Waals surface area (Å²) in [5, 5.41) is 7.44. The Hall–Kier alpha value is -2.84. The smallest absolute Gasteiger partial charge is 0.410 e. The van der Waals surface area contributed by atoms with Gasteiger partial charge in [0.05, 0.1) is 11.9 Å². The number of nitrogens with one attached hydrogen (secondary N) is 1. The van der Waals surface area contributed by atoms with Crippen LogP contribution in [0, 0.1) is 12.3 Å². The van der Waals surface area contributed by atoms with Gasteiger partial charge in [0.2, 0.25) is 5.95 Å². The Bertz CT molecular complexity index is 995. The maximum Gasteiger partial charge on any atom is 0.410 e. The van der Waals surface area contributed by atoms with Crippen molar-refractivity contribution in [1.82, 2.24) is 24.6 Å². The van der Waals surface area contributed by atoms with Crippen molar-refractivity contribution in [3.63, 3.8) is 0 Å². The fourth-order valence-corrected chi connectivity index (χ4v) is 5.23. The van der Waals surface area contributed by atoms with Crippen molar-refractivity contribution in [3.05, 3.63) is 24.2 Å². The van der Waals surface area contributed by atoms with Gasteiger partial charge in [-0.1, -0.05) is 0 Å². The first-order chi connectivity index (χ1) is 16.0. The molecule has 2 aliphatic rings. The van der Waals surface area contributed by atoms with Crippen molar-refractivity contribution in [2.24, 2.45) is 12.5 Å². The number of nitrogens with zero attached hydrogens (tertiary/aromatic N) is 6. The first kappa shape index (κ1) is 24.3. The summed E-state index contributed by atoms with van der Waals surface area (Å²) in [6, 6.07) is 0.453. The predicted octanol–water partition coefficient (Wildman–Crippen LogP) is 4.66. The second kappa shape index (κ2) is 9.43. The Morgan fingerprint density at radius 1 is 1.18 bits per heavy atom. The zero-order valence-corrected chi connectivity index (χ0v) is 21.5. The number of carbonyl (C=O) groups excluding carboxylic acids is 1. The molecule has 186 valence electrons. The number of hydrogen-bond acceptors (Lipinski definition) is 7. The summed E-state index contributed by atoms with van der Waals surface area (Å²) in [5.74, 6) is 1.56. The molecule has 2 aromatic heterocycles. The summed E-state index contributed by atoms with van der Waals surface area (Å²) < 4.78 is 7.32. The van der Waals surface area contributed by atoms with Crippen molar-refractivity contribution in [3.8, 4) is 0 Å². The van der Waals surface area contributed by atoms with E-state index in [1.54, 1.807) is 10.9 Å². The molecule has 0 aromatic carbocycles. The third kappa shape index (κ3) is 5.62. The van der Waals surface area contributed by atoms with Crippen LogP contribution in [0.3, 0.4) is 0 Å². The maximum atomic E-state index is 12.4. The molecule has 0 unspecified atom stereocenters. The lowest BCUT2D eigenvalue weighted by atomic mass is 9.67. The predicted molar refractivity (Wildman–Crippen MR) is 133 cm³/mol. The van der Waals surface area contributed by atoms with Gasteiger partial charge in [0, 0.05) is 51.2 Å². The highest BCUT2D eigenvalue weighted by Gasteiger charge is 2.40. The minimum Gasteiger partial charge on any atom is -0.444 e. The number of ether oxygens (including phenoxy) is 1. The van der Waals surface area contributed by atoms with E-state index in [4.69, 9.17) is 9.72 Å². The van der Waals surface area contributed by atoms with Crippen LogP contribution in [0.2, 0.25) is 0 Å². The van der Waals surface area contributed by atoms with Crippen molar-refractivity contribution < 1.29 is 9.53 Å². The monoisotopic (exact) mass is 469 g/mol. The van der Waals surface area contributed by atoms with Gasteiger partial charge in [-0.3, -0.25) is 4.68 Å². The molecule has 0 bridgehead atoms. The van der Waals surface area contributed by atoms with Crippen LogP contribution >= 0.6 is 0 Å². The number of aryl methyl sites for hydroxylation is 2. The highest BCUT2D eigenvalue weighted by atomic mass is 16.6. The summed E-state index contributed by atoms with van der Waals surface area (Å²) in [7, 11) is 4.04. The topological polar surface area (TPSA) is 88.4 Å². The molecule has 34 heavy (non-hydrogen) atoms. The van der Waals surface area contributed by atoms with Crippen LogP contribution in [0.15, 0.2) is 18.6 Å². The van der Waals surface area contributed by atoms with Crippen molar-refractivity contribution in [2.75, 3.05) is 30.4 Å². The SMILES string of the molecule is Cc1cnc(Nc2cnn(C)c2)nc1N(C)C1CCC2(CC1)CCN(C(=O)OC(C)(C)C)CC2. The fourth-order valence-electron chi connectivity index (χ4n) is 5.23. The van der Waals surface area contributed by atoms with Gasteiger partial charge in [0.15, 0.2) is 0 Å². The van der Waals surface area contributed by atoms with Crippen LogP contribution < -0.4 is 10.2 Å². The first-order valence-corrected chi connectivity index (χ1v) is 12.3. The van der Waals surface area contributed by atoms with Crippen molar-refractivity contribution in [1.29, 1.82) is 0 Å². The van der Waals surface area contributed by atoms with Crippen molar-refractivity contribution in [2.45, 2.75) is 77.9 Å². The van der Waals surface area contributed by atoms with Gasteiger partial charge in [-0.15, -0.1) is 0 Å². The number of piperidine rings is 1. The van der Waals surface area contributed by atoms with E-state index in [9.17, 15) is 4.79 Å². The minimum absolute atomic E-state index is 0.175. The van der Waals surface area contributed by atoms with Crippen LogP contribution in [-0.4, -0.2) is 62.5 Å². The molecule has 2 aromatic rings. The molecular weight excluding hydrogens is 430 g/mol. The lowest BCUT2D eigenvalue weighted by Crippen LogP contribution is -2.48. The molecule has 1 aliphatic carbocycles. The summed E-state index contributed by atoms with van der Waals surface area (Å²) in [5.41, 5.74) is 1.85. The Morgan fingerprint density at radius 2 is 1.85 bits per heavy atom. The minimum atomic E-state index is -0.443. The number of aromatic nitrogens is 4. The molecule has 1 saturated carbocycles. The van der Waals surface area contributed by atoms with Crippen LogP contribution in [0.5, 0.6) is 0 Å². The second-order valence-electron chi connectivity index (χ2n) is 11.0. The average molecular weight is 470 g/mol. The zero-order chi connectivity index (χ0) is 24.5. The highest BCUT2D eigenvalue weighted by molar-refractivity contribution is 5.68. The Kier molecular flexibility index (Phi) is 6.73. The first-order valence-electron chi connectivity index (χ1n) is 12.3. The van der Waals surface area contributed by atoms with E-state index in [0.717, 1.165) is 55.8 Å². The molecule has 9 heteroatoms. The Morgan fingerprint density at radius 3 is 2.44 bits per heavy atom.